The van der Waals surface area contributed by atoms with E-state index >= 15 is 0 Å². The normalized spacial score (nSPS) is 13.8. The Morgan fingerprint density at radius 1 is 1.07 bits per heavy atom. The zero-order valence-electron chi connectivity index (χ0n) is 15.3. The Balaban J connectivity index is 1.33. The van der Waals surface area contributed by atoms with Crippen LogP contribution < -0.4 is 14.8 Å². The molecule has 1 aliphatic rings. The zero-order chi connectivity index (χ0) is 19.5. The van der Waals surface area contributed by atoms with Crippen molar-refractivity contribution in [1.82, 2.24) is 5.32 Å². The summed E-state index contributed by atoms with van der Waals surface area (Å²) in [6, 6.07) is 13.9. The molecular formula is C21H19NO6. The lowest BCUT2D eigenvalue weighted by molar-refractivity contribution is -0.125. The van der Waals surface area contributed by atoms with Gasteiger partial charge in [-0.15, -0.1) is 0 Å². The fourth-order valence-electron chi connectivity index (χ4n) is 2.95. The number of furan rings is 1. The minimum Gasteiger partial charge on any atom is -0.486 e. The molecule has 7 nitrogen and oxygen atoms in total. The van der Waals surface area contributed by atoms with Gasteiger partial charge in [0.25, 0.3) is 5.91 Å². The first kappa shape index (κ1) is 17.9. The average molecular weight is 381 g/mol. The Morgan fingerprint density at radius 3 is 2.68 bits per heavy atom. The summed E-state index contributed by atoms with van der Waals surface area (Å²) in [4.78, 5) is 24.3. The molecule has 0 saturated carbocycles. The third-order valence-electron chi connectivity index (χ3n) is 4.36. The van der Waals surface area contributed by atoms with Crippen molar-refractivity contribution in [3.05, 3.63) is 59.9 Å². The first-order valence-corrected chi connectivity index (χ1v) is 8.95. The lowest BCUT2D eigenvalue weighted by Gasteiger charge is -2.18. The number of rotatable bonds is 5. The number of carbonyl (C=O) groups excluding carboxylic acids is 2. The van der Waals surface area contributed by atoms with Crippen molar-refractivity contribution in [3.63, 3.8) is 0 Å². The maximum absolute atomic E-state index is 12.2. The Hall–Kier alpha value is -3.48. The molecule has 0 spiro atoms. The number of fused-ring (bicyclic) bond motifs is 2. The monoisotopic (exact) mass is 381 g/mol. The average Bonchev–Trinajstić information content (AvgIpc) is 3.16. The number of nitrogens with one attached hydrogen (secondary N) is 1. The van der Waals surface area contributed by atoms with E-state index in [-0.39, 0.29) is 6.04 Å². The lowest BCUT2D eigenvalue weighted by Crippen LogP contribution is -2.31. The van der Waals surface area contributed by atoms with Gasteiger partial charge in [0.2, 0.25) is 0 Å². The van der Waals surface area contributed by atoms with Gasteiger partial charge in [0, 0.05) is 5.39 Å². The van der Waals surface area contributed by atoms with Crippen LogP contribution in [0.15, 0.2) is 52.9 Å². The van der Waals surface area contributed by atoms with Gasteiger partial charge in [-0.25, -0.2) is 4.79 Å². The second kappa shape index (κ2) is 7.64. The quantitative estimate of drug-likeness (QED) is 0.683. The maximum Gasteiger partial charge on any atom is 0.338 e. The molecule has 0 saturated heterocycles. The number of benzene rings is 2. The Kier molecular flexibility index (Phi) is 4.89. The van der Waals surface area contributed by atoms with Crippen LogP contribution in [0.2, 0.25) is 0 Å². The van der Waals surface area contributed by atoms with E-state index < -0.39 is 18.5 Å². The van der Waals surface area contributed by atoms with E-state index in [0.717, 1.165) is 11.0 Å². The molecule has 28 heavy (non-hydrogen) atoms. The van der Waals surface area contributed by atoms with Gasteiger partial charge >= 0.3 is 5.97 Å². The highest BCUT2D eigenvalue weighted by molar-refractivity contribution is 5.92. The van der Waals surface area contributed by atoms with Gasteiger partial charge in [-0.1, -0.05) is 18.2 Å². The molecule has 0 bridgehead atoms. The van der Waals surface area contributed by atoms with E-state index in [1.54, 1.807) is 25.1 Å². The largest absolute Gasteiger partial charge is 0.486 e. The lowest BCUT2D eigenvalue weighted by atomic mass is 10.2. The molecule has 7 heteroatoms. The molecule has 2 heterocycles. The van der Waals surface area contributed by atoms with Crippen molar-refractivity contribution in [3.8, 4) is 11.5 Å². The molecule has 1 aromatic heterocycles. The fourth-order valence-corrected chi connectivity index (χ4v) is 2.95. The molecule has 2 aromatic carbocycles. The van der Waals surface area contributed by atoms with Gasteiger partial charge < -0.3 is 23.9 Å². The summed E-state index contributed by atoms with van der Waals surface area (Å²) in [5.74, 6) is 0.680. The molecule has 1 amide bonds. The van der Waals surface area contributed by atoms with E-state index in [0.29, 0.717) is 36.0 Å². The van der Waals surface area contributed by atoms with E-state index in [1.165, 1.54) is 0 Å². The molecule has 0 radical (unpaired) electrons. The maximum atomic E-state index is 12.2. The van der Waals surface area contributed by atoms with Crippen LogP contribution in [-0.4, -0.2) is 31.7 Å². The third kappa shape index (κ3) is 3.78. The van der Waals surface area contributed by atoms with Crippen molar-refractivity contribution in [2.75, 3.05) is 19.8 Å². The summed E-state index contributed by atoms with van der Waals surface area (Å²) < 4.78 is 21.7. The molecule has 1 aliphatic heterocycles. The second-order valence-electron chi connectivity index (χ2n) is 6.41. The van der Waals surface area contributed by atoms with Crippen molar-refractivity contribution in [2.24, 2.45) is 0 Å². The molecule has 0 fully saturated rings. The van der Waals surface area contributed by atoms with Crippen LogP contribution in [0.3, 0.4) is 0 Å². The van der Waals surface area contributed by atoms with E-state index in [1.807, 2.05) is 30.3 Å². The number of esters is 1. The Morgan fingerprint density at radius 2 is 1.86 bits per heavy atom. The van der Waals surface area contributed by atoms with Gasteiger partial charge in [-0.05, 0) is 37.3 Å². The Bertz CT molecular complexity index is 992. The van der Waals surface area contributed by atoms with Crippen LogP contribution in [-0.2, 0) is 9.53 Å². The number of amides is 1. The van der Waals surface area contributed by atoms with Crippen molar-refractivity contribution in [1.29, 1.82) is 0 Å². The van der Waals surface area contributed by atoms with Crippen molar-refractivity contribution in [2.45, 2.75) is 13.0 Å². The van der Waals surface area contributed by atoms with E-state index in [2.05, 4.69) is 5.32 Å². The molecule has 144 valence electrons. The number of carbonyl (C=O) groups is 2. The highest BCUT2D eigenvalue weighted by atomic mass is 16.6. The highest BCUT2D eigenvalue weighted by Crippen LogP contribution is 2.31. The number of hydrogen-bond acceptors (Lipinski definition) is 6. The topological polar surface area (TPSA) is 87.0 Å². The minimum absolute atomic E-state index is 0.294. The molecule has 1 atom stereocenters. The van der Waals surface area contributed by atoms with E-state index in [4.69, 9.17) is 18.6 Å². The summed E-state index contributed by atoms with van der Waals surface area (Å²) in [5, 5.41) is 3.72. The summed E-state index contributed by atoms with van der Waals surface area (Å²) in [7, 11) is 0. The van der Waals surface area contributed by atoms with Gasteiger partial charge in [0.1, 0.15) is 24.6 Å². The first-order valence-electron chi connectivity index (χ1n) is 8.95. The predicted molar refractivity (Wildman–Crippen MR) is 100 cm³/mol. The smallest absolute Gasteiger partial charge is 0.338 e. The fraction of sp³-hybridized carbons (Fsp3) is 0.238. The molecule has 0 aliphatic carbocycles. The van der Waals surface area contributed by atoms with Crippen LogP contribution in [0.4, 0.5) is 0 Å². The zero-order valence-corrected chi connectivity index (χ0v) is 15.3. The summed E-state index contributed by atoms with van der Waals surface area (Å²) in [6.07, 6.45) is 0. The minimum atomic E-state index is -0.608. The third-order valence-corrected chi connectivity index (χ3v) is 4.36. The van der Waals surface area contributed by atoms with Crippen LogP contribution in [0.1, 0.15) is 29.1 Å². The summed E-state index contributed by atoms with van der Waals surface area (Å²) in [6.45, 7) is 2.31. The van der Waals surface area contributed by atoms with Crippen molar-refractivity contribution >= 4 is 22.8 Å². The number of hydrogen-bond donors (Lipinski definition) is 1. The molecule has 1 N–H and O–H groups in total. The van der Waals surface area contributed by atoms with Crippen LogP contribution in [0.25, 0.3) is 11.0 Å². The SMILES string of the molecule is C[C@@H](NC(=O)COC(=O)c1ccc2c(c1)OCCO2)c1cc2ccccc2o1. The van der Waals surface area contributed by atoms with Gasteiger partial charge in [-0.3, -0.25) is 4.79 Å². The van der Waals surface area contributed by atoms with Gasteiger partial charge in [-0.2, -0.15) is 0 Å². The molecule has 3 aromatic rings. The number of ether oxygens (including phenoxy) is 3. The van der Waals surface area contributed by atoms with Gasteiger partial charge in [0.05, 0.1) is 11.6 Å². The van der Waals surface area contributed by atoms with Crippen LogP contribution in [0, 0.1) is 0 Å². The summed E-state index contributed by atoms with van der Waals surface area (Å²) in [5.41, 5.74) is 1.05. The summed E-state index contributed by atoms with van der Waals surface area (Å²) >= 11 is 0. The van der Waals surface area contributed by atoms with Gasteiger partial charge in [0.15, 0.2) is 18.1 Å². The number of para-hydroxylation sites is 1. The Labute approximate surface area is 161 Å². The van der Waals surface area contributed by atoms with Crippen molar-refractivity contribution < 1.29 is 28.2 Å². The standard InChI is InChI=1S/C21H19NO6/c1-13(18-10-14-4-2-3-5-16(14)28-18)22-20(23)12-27-21(24)15-6-7-17-19(11-15)26-9-8-25-17/h2-7,10-11,13H,8-9,12H2,1H3,(H,22,23)/t13-/m1/s1. The van der Waals surface area contributed by atoms with Crippen LogP contribution in [0.5, 0.6) is 11.5 Å². The first-order chi connectivity index (χ1) is 13.6. The molecule has 4 rings (SSSR count). The molecule has 0 unspecified atom stereocenters. The molecular weight excluding hydrogens is 362 g/mol. The second-order valence-corrected chi connectivity index (χ2v) is 6.41. The highest BCUT2D eigenvalue weighted by Gasteiger charge is 2.18. The van der Waals surface area contributed by atoms with E-state index in [9.17, 15) is 9.59 Å². The van der Waals surface area contributed by atoms with Crippen LogP contribution >= 0.6 is 0 Å². The predicted octanol–water partition coefficient (Wildman–Crippen LogP) is 3.24.